The first-order valence-electron chi connectivity index (χ1n) is 5.45. The van der Waals surface area contributed by atoms with Crippen LogP contribution in [0.2, 0.25) is 0 Å². The van der Waals surface area contributed by atoms with E-state index in [0.29, 0.717) is 5.56 Å². The average molecular weight is 252 g/mol. The minimum absolute atomic E-state index is 0.132. The van der Waals surface area contributed by atoms with Gasteiger partial charge in [-0.1, -0.05) is 6.07 Å². The van der Waals surface area contributed by atoms with Gasteiger partial charge in [-0.3, -0.25) is 14.9 Å². The zero-order chi connectivity index (χ0) is 13.9. The van der Waals surface area contributed by atoms with Crippen molar-refractivity contribution in [3.05, 3.63) is 39.4 Å². The van der Waals surface area contributed by atoms with Gasteiger partial charge in [0.05, 0.1) is 17.1 Å². The van der Waals surface area contributed by atoms with E-state index < -0.39 is 16.4 Å². The molecule has 1 rings (SSSR count). The molecule has 0 aromatic heterocycles. The number of non-ortho nitro benzene ring substituents is 1. The summed E-state index contributed by atoms with van der Waals surface area (Å²) < 4.78 is 0. The van der Waals surface area contributed by atoms with E-state index in [9.17, 15) is 14.9 Å². The highest BCUT2D eigenvalue weighted by Crippen LogP contribution is 2.18. The molecule has 0 aliphatic heterocycles. The van der Waals surface area contributed by atoms with Gasteiger partial charge in [-0.15, -0.1) is 0 Å². The summed E-state index contributed by atoms with van der Waals surface area (Å²) in [6, 6.07) is 4.11. The van der Waals surface area contributed by atoms with Gasteiger partial charge >= 0.3 is 0 Å². The first-order valence-corrected chi connectivity index (χ1v) is 5.45. The summed E-state index contributed by atoms with van der Waals surface area (Å²) in [7, 11) is 0. The van der Waals surface area contributed by atoms with Gasteiger partial charge in [-0.25, -0.2) is 0 Å². The average Bonchev–Trinajstić information content (AvgIpc) is 2.28. The van der Waals surface area contributed by atoms with Crippen LogP contribution < -0.4 is 5.32 Å². The molecule has 0 aliphatic carbocycles. The lowest BCUT2D eigenvalue weighted by molar-refractivity contribution is -0.384. The lowest BCUT2D eigenvalue weighted by atomic mass is 10.0. The van der Waals surface area contributed by atoms with Crippen LogP contribution in [0.1, 0.15) is 29.8 Å². The maximum atomic E-state index is 12.0. The molecule has 0 heterocycles. The van der Waals surface area contributed by atoms with Crippen LogP contribution in [0, 0.1) is 17.0 Å². The van der Waals surface area contributed by atoms with Gasteiger partial charge in [0.25, 0.3) is 11.6 Å². The monoisotopic (exact) mass is 252 g/mol. The molecule has 1 amide bonds. The van der Waals surface area contributed by atoms with Crippen molar-refractivity contribution < 1.29 is 14.8 Å². The number of rotatable bonds is 4. The van der Waals surface area contributed by atoms with Crippen molar-refractivity contribution in [2.24, 2.45) is 0 Å². The number of aryl methyl sites for hydroxylation is 1. The minimum Gasteiger partial charge on any atom is -0.394 e. The van der Waals surface area contributed by atoms with Gasteiger partial charge in [-0.05, 0) is 26.3 Å². The third-order valence-electron chi connectivity index (χ3n) is 2.52. The van der Waals surface area contributed by atoms with Crippen molar-refractivity contribution in [3.8, 4) is 0 Å². The van der Waals surface area contributed by atoms with Crippen molar-refractivity contribution in [1.29, 1.82) is 0 Å². The number of nitro benzene ring substituents is 1. The normalized spacial score (nSPS) is 11.1. The topological polar surface area (TPSA) is 92.5 Å². The number of nitrogens with zero attached hydrogens (tertiary/aromatic N) is 1. The molecular formula is C12H16N2O4. The molecular weight excluding hydrogens is 236 g/mol. The van der Waals surface area contributed by atoms with Crippen molar-refractivity contribution in [2.45, 2.75) is 26.3 Å². The SMILES string of the molecule is Cc1ccc([N+](=O)[O-])cc1C(=O)NC(C)(C)CO. The van der Waals surface area contributed by atoms with E-state index in [4.69, 9.17) is 5.11 Å². The Morgan fingerprint density at radius 1 is 1.50 bits per heavy atom. The number of nitro groups is 1. The van der Waals surface area contributed by atoms with E-state index >= 15 is 0 Å². The molecule has 0 unspecified atom stereocenters. The fourth-order valence-electron chi connectivity index (χ4n) is 1.38. The molecule has 0 spiro atoms. The predicted molar refractivity (Wildman–Crippen MR) is 66.5 cm³/mol. The van der Waals surface area contributed by atoms with E-state index in [0.717, 1.165) is 0 Å². The van der Waals surface area contributed by atoms with Crippen LogP contribution in [0.4, 0.5) is 5.69 Å². The third kappa shape index (κ3) is 3.27. The smallest absolute Gasteiger partial charge is 0.270 e. The van der Waals surface area contributed by atoms with E-state index in [1.54, 1.807) is 20.8 Å². The Bertz CT molecular complexity index is 483. The Hall–Kier alpha value is -1.95. The fraction of sp³-hybridized carbons (Fsp3) is 0.417. The molecule has 0 aliphatic rings. The fourth-order valence-corrected chi connectivity index (χ4v) is 1.38. The Kier molecular flexibility index (Phi) is 4.03. The zero-order valence-corrected chi connectivity index (χ0v) is 10.6. The van der Waals surface area contributed by atoms with Crippen LogP contribution >= 0.6 is 0 Å². The highest BCUT2D eigenvalue weighted by Gasteiger charge is 2.22. The van der Waals surface area contributed by atoms with Gasteiger partial charge in [0, 0.05) is 17.7 Å². The largest absolute Gasteiger partial charge is 0.394 e. The van der Waals surface area contributed by atoms with E-state index in [2.05, 4.69) is 5.32 Å². The standard InChI is InChI=1S/C12H16N2O4/c1-8-4-5-9(14(17)18)6-10(8)11(16)13-12(2,3)7-15/h4-6,15H,7H2,1-3H3,(H,13,16). The molecule has 2 N–H and O–H groups in total. The summed E-state index contributed by atoms with van der Waals surface area (Å²) in [5.74, 6) is -0.435. The molecule has 0 atom stereocenters. The highest BCUT2D eigenvalue weighted by atomic mass is 16.6. The van der Waals surface area contributed by atoms with Gasteiger partial charge in [0.15, 0.2) is 0 Å². The summed E-state index contributed by atoms with van der Waals surface area (Å²) in [5, 5.41) is 22.4. The summed E-state index contributed by atoms with van der Waals surface area (Å²) in [4.78, 5) is 22.1. The van der Waals surface area contributed by atoms with Crippen molar-refractivity contribution in [1.82, 2.24) is 5.32 Å². The van der Waals surface area contributed by atoms with Crippen LogP contribution in [0.5, 0.6) is 0 Å². The maximum absolute atomic E-state index is 12.0. The van der Waals surface area contributed by atoms with Gasteiger partial charge in [0.1, 0.15) is 0 Å². The molecule has 0 radical (unpaired) electrons. The number of amides is 1. The summed E-state index contributed by atoms with van der Waals surface area (Å²) in [6.07, 6.45) is 0. The molecule has 6 nitrogen and oxygen atoms in total. The zero-order valence-electron chi connectivity index (χ0n) is 10.6. The molecule has 98 valence electrons. The Morgan fingerprint density at radius 2 is 2.11 bits per heavy atom. The van der Waals surface area contributed by atoms with Crippen LogP contribution in [0.3, 0.4) is 0 Å². The van der Waals surface area contributed by atoms with E-state index in [-0.39, 0.29) is 17.9 Å². The second-order valence-electron chi connectivity index (χ2n) is 4.75. The van der Waals surface area contributed by atoms with E-state index in [1.807, 2.05) is 0 Å². The maximum Gasteiger partial charge on any atom is 0.270 e. The lowest BCUT2D eigenvalue weighted by Crippen LogP contribution is -2.46. The first-order chi connectivity index (χ1) is 8.26. The summed E-state index contributed by atoms with van der Waals surface area (Å²) >= 11 is 0. The quantitative estimate of drug-likeness (QED) is 0.625. The second-order valence-corrected chi connectivity index (χ2v) is 4.75. The third-order valence-corrected chi connectivity index (χ3v) is 2.52. The number of aliphatic hydroxyl groups excluding tert-OH is 1. The molecule has 1 aromatic rings. The van der Waals surface area contributed by atoms with Gasteiger partial charge in [-0.2, -0.15) is 0 Å². The number of aliphatic hydroxyl groups is 1. The Labute approximate surface area is 105 Å². The molecule has 1 aromatic carbocycles. The number of hydrogen-bond acceptors (Lipinski definition) is 4. The Morgan fingerprint density at radius 3 is 2.61 bits per heavy atom. The second kappa shape index (κ2) is 5.14. The van der Waals surface area contributed by atoms with Crippen LogP contribution in [-0.4, -0.2) is 28.1 Å². The number of nitrogens with one attached hydrogen (secondary N) is 1. The van der Waals surface area contributed by atoms with Crippen molar-refractivity contribution in [2.75, 3.05) is 6.61 Å². The lowest BCUT2D eigenvalue weighted by Gasteiger charge is -2.23. The highest BCUT2D eigenvalue weighted by molar-refractivity contribution is 5.96. The first kappa shape index (κ1) is 14.1. The van der Waals surface area contributed by atoms with Gasteiger partial charge in [0.2, 0.25) is 0 Å². The molecule has 6 heteroatoms. The minimum atomic E-state index is -0.770. The van der Waals surface area contributed by atoms with Crippen molar-refractivity contribution >= 4 is 11.6 Å². The number of carbonyl (C=O) groups is 1. The number of hydrogen-bond donors (Lipinski definition) is 2. The number of benzene rings is 1. The van der Waals surface area contributed by atoms with Crippen molar-refractivity contribution in [3.63, 3.8) is 0 Å². The summed E-state index contributed by atoms with van der Waals surface area (Å²) in [5.41, 5.74) is -0.0150. The number of carbonyl (C=O) groups excluding carboxylic acids is 1. The van der Waals surface area contributed by atoms with Crippen LogP contribution in [-0.2, 0) is 0 Å². The Balaban J connectivity index is 3.05. The molecule has 0 bridgehead atoms. The van der Waals surface area contributed by atoms with E-state index in [1.165, 1.54) is 18.2 Å². The molecule has 0 saturated heterocycles. The predicted octanol–water partition coefficient (Wildman–Crippen LogP) is 1.40. The summed E-state index contributed by atoms with van der Waals surface area (Å²) in [6.45, 7) is 4.81. The van der Waals surface area contributed by atoms with Crippen LogP contribution in [0.15, 0.2) is 18.2 Å². The van der Waals surface area contributed by atoms with Crippen LogP contribution in [0.25, 0.3) is 0 Å². The van der Waals surface area contributed by atoms with Gasteiger partial charge < -0.3 is 10.4 Å². The molecule has 0 saturated carbocycles. The molecule has 0 fully saturated rings. The molecule has 18 heavy (non-hydrogen) atoms.